The van der Waals surface area contributed by atoms with Crippen molar-refractivity contribution in [3.05, 3.63) is 23.5 Å². The van der Waals surface area contributed by atoms with Crippen LogP contribution in [0.1, 0.15) is 37.8 Å². The Morgan fingerprint density at radius 1 is 1.29 bits per heavy atom. The maximum Gasteiger partial charge on any atom is 0.312 e. The van der Waals surface area contributed by atoms with E-state index in [0.717, 1.165) is 36.7 Å². The summed E-state index contributed by atoms with van der Waals surface area (Å²) in [7, 11) is 0. The van der Waals surface area contributed by atoms with E-state index in [1.54, 1.807) is 11.3 Å². The first-order chi connectivity index (χ1) is 15.0. The molecule has 1 spiro atoms. The third-order valence-corrected chi connectivity index (χ3v) is 7.31. The van der Waals surface area contributed by atoms with Crippen LogP contribution in [0.4, 0.5) is 0 Å². The highest BCUT2D eigenvalue weighted by Crippen LogP contribution is 2.43. The predicted molar refractivity (Wildman–Crippen MR) is 114 cm³/mol. The molecule has 1 atom stereocenters. The number of hydrogen-bond donors (Lipinski definition) is 1. The fraction of sp³-hybridized carbons (Fsp3) is 0.619. The Morgan fingerprint density at radius 2 is 2.00 bits per heavy atom. The van der Waals surface area contributed by atoms with Crippen LogP contribution in [0.5, 0.6) is 0 Å². The lowest BCUT2D eigenvalue weighted by Crippen LogP contribution is -2.45. The van der Waals surface area contributed by atoms with E-state index in [-0.39, 0.29) is 29.9 Å². The molecule has 2 aromatic heterocycles. The number of fused-ring (bicyclic) bond motifs is 1. The number of thiazole rings is 1. The molecule has 3 fully saturated rings. The van der Waals surface area contributed by atoms with Gasteiger partial charge in [-0.15, -0.1) is 11.3 Å². The summed E-state index contributed by atoms with van der Waals surface area (Å²) in [5.41, 5.74) is 0.432. The summed E-state index contributed by atoms with van der Waals surface area (Å²) in [5, 5.41) is 8.87. The van der Waals surface area contributed by atoms with Crippen LogP contribution in [0.25, 0.3) is 4.96 Å². The van der Waals surface area contributed by atoms with Gasteiger partial charge < -0.3 is 14.7 Å². The van der Waals surface area contributed by atoms with Crippen molar-refractivity contribution >= 4 is 34.6 Å². The van der Waals surface area contributed by atoms with Crippen LogP contribution in [0.15, 0.2) is 17.8 Å². The summed E-state index contributed by atoms with van der Waals surface area (Å²) in [6.45, 7) is 4.12. The standard InChI is InChI=1S/C20H26N4O3S.CH2O2/c25-17(11-15-13-24-9-10-28-19(24)21-15)23-7-3-20(4-8-23)12-16(27-18(20)26)14-22-5-1-2-6-22;2-1-3/h9-10,13,16H,1-8,11-12,14H2;1H,(H,2,3). The minimum Gasteiger partial charge on any atom is -0.483 e. The number of ether oxygens (including phenoxy) is 1. The lowest BCUT2D eigenvalue weighted by atomic mass is 9.76. The lowest BCUT2D eigenvalue weighted by molar-refractivity contribution is -0.152. The van der Waals surface area contributed by atoms with Crippen molar-refractivity contribution in [3.63, 3.8) is 0 Å². The molecule has 5 rings (SSSR count). The minimum absolute atomic E-state index is 0.0198. The van der Waals surface area contributed by atoms with Gasteiger partial charge in [0.15, 0.2) is 4.96 Å². The highest BCUT2D eigenvalue weighted by atomic mass is 32.1. The topological polar surface area (TPSA) is 104 Å². The van der Waals surface area contributed by atoms with Gasteiger partial charge in [-0.05, 0) is 38.8 Å². The Morgan fingerprint density at radius 3 is 2.68 bits per heavy atom. The quantitative estimate of drug-likeness (QED) is 0.560. The fourth-order valence-corrected chi connectivity index (χ4v) is 5.63. The number of likely N-dealkylation sites (tertiary alicyclic amines) is 2. The normalized spacial score (nSPS) is 23.0. The van der Waals surface area contributed by atoms with E-state index in [4.69, 9.17) is 14.6 Å². The highest BCUT2D eigenvalue weighted by molar-refractivity contribution is 7.15. The second-order valence-electron chi connectivity index (χ2n) is 8.51. The van der Waals surface area contributed by atoms with Gasteiger partial charge in [0.1, 0.15) is 6.10 Å². The van der Waals surface area contributed by atoms with Crippen LogP contribution in [0.2, 0.25) is 0 Å². The SMILES string of the molecule is O=C(Cc1cn2ccsc2n1)N1CCC2(CC1)CC(CN1CCCC1)OC2=O.O=CO. The first kappa shape index (κ1) is 21.8. The number of amides is 1. The number of rotatable bonds is 4. The molecule has 0 bridgehead atoms. The molecule has 3 aliphatic rings. The Labute approximate surface area is 184 Å². The van der Waals surface area contributed by atoms with Gasteiger partial charge in [-0.25, -0.2) is 4.98 Å². The Balaban J connectivity index is 0.000000730. The highest BCUT2D eigenvalue weighted by Gasteiger charge is 2.51. The van der Waals surface area contributed by atoms with E-state index in [1.165, 1.54) is 12.8 Å². The number of carboxylic acid groups (broad SMARTS) is 1. The third-order valence-electron chi connectivity index (χ3n) is 6.53. The number of carbonyl (C=O) groups is 3. The zero-order chi connectivity index (χ0) is 21.8. The van der Waals surface area contributed by atoms with Crippen LogP contribution in [0.3, 0.4) is 0 Å². The average molecular weight is 449 g/mol. The molecule has 0 aliphatic carbocycles. The molecule has 1 amide bonds. The van der Waals surface area contributed by atoms with E-state index in [0.29, 0.717) is 32.4 Å². The lowest BCUT2D eigenvalue weighted by Gasteiger charge is -2.36. The van der Waals surface area contributed by atoms with Crippen molar-refractivity contribution in [2.75, 3.05) is 32.7 Å². The number of carbonyl (C=O) groups excluding carboxylic acids is 2. The average Bonchev–Trinajstić information content (AvgIpc) is 3.50. The Hall–Kier alpha value is -2.46. The third kappa shape index (κ3) is 4.74. The number of aromatic nitrogens is 2. The van der Waals surface area contributed by atoms with Crippen LogP contribution in [0, 0.1) is 5.41 Å². The van der Waals surface area contributed by atoms with E-state index < -0.39 is 0 Å². The van der Waals surface area contributed by atoms with E-state index in [2.05, 4.69) is 9.88 Å². The first-order valence-electron chi connectivity index (χ1n) is 10.7. The van der Waals surface area contributed by atoms with Crippen molar-refractivity contribution < 1.29 is 24.2 Å². The molecule has 0 saturated carbocycles. The predicted octanol–water partition coefficient (Wildman–Crippen LogP) is 1.66. The molecule has 1 unspecified atom stereocenters. The molecule has 0 radical (unpaired) electrons. The van der Waals surface area contributed by atoms with Crippen LogP contribution in [-0.2, 0) is 25.5 Å². The number of imidazole rings is 1. The van der Waals surface area contributed by atoms with Gasteiger partial charge >= 0.3 is 5.97 Å². The van der Waals surface area contributed by atoms with Gasteiger partial charge in [0, 0.05) is 43.8 Å². The molecular weight excluding hydrogens is 420 g/mol. The minimum atomic E-state index is -0.377. The van der Waals surface area contributed by atoms with Crippen LogP contribution in [-0.4, -0.2) is 81.5 Å². The van der Waals surface area contributed by atoms with Crippen LogP contribution < -0.4 is 0 Å². The van der Waals surface area contributed by atoms with Crippen LogP contribution >= 0.6 is 11.3 Å². The zero-order valence-corrected chi connectivity index (χ0v) is 18.3. The molecule has 5 heterocycles. The summed E-state index contributed by atoms with van der Waals surface area (Å²) < 4.78 is 7.69. The van der Waals surface area contributed by atoms with E-state index in [9.17, 15) is 9.59 Å². The number of hydrogen-bond acceptors (Lipinski definition) is 7. The Kier molecular flexibility index (Phi) is 6.57. The van der Waals surface area contributed by atoms with Crippen molar-refractivity contribution in [1.29, 1.82) is 0 Å². The molecular formula is C21H28N4O5S. The fourth-order valence-electron chi connectivity index (χ4n) is 4.91. The molecule has 10 heteroatoms. The summed E-state index contributed by atoms with van der Waals surface area (Å²) in [6.07, 6.45) is 8.95. The molecule has 0 aromatic carbocycles. The largest absolute Gasteiger partial charge is 0.483 e. The van der Waals surface area contributed by atoms with Gasteiger partial charge in [0.05, 0.1) is 17.5 Å². The van der Waals surface area contributed by atoms with Crippen molar-refractivity contribution in [3.8, 4) is 0 Å². The second kappa shape index (κ2) is 9.35. The number of nitrogens with zero attached hydrogens (tertiary/aromatic N) is 4. The van der Waals surface area contributed by atoms with Gasteiger partial charge in [0.2, 0.25) is 5.91 Å². The molecule has 31 heavy (non-hydrogen) atoms. The summed E-state index contributed by atoms with van der Waals surface area (Å²) in [5.74, 6) is 0.0544. The van der Waals surface area contributed by atoms with Gasteiger partial charge in [-0.1, -0.05) is 0 Å². The smallest absolute Gasteiger partial charge is 0.312 e. The van der Waals surface area contributed by atoms with E-state index in [1.807, 2.05) is 27.1 Å². The number of cyclic esters (lactones) is 1. The van der Waals surface area contributed by atoms with E-state index >= 15 is 0 Å². The van der Waals surface area contributed by atoms with Gasteiger partial charge in [0.25, 0.3) is 6.47 Å². The molecule has 168 valence electrons. The second-order valence-corrected chi connectivity index (χ2v) is 9.38. The summed E-state index contributed by atoms with van der Waals surface area (Å²) in [4.78, 5) is 43.4. The Bertz CT molecular complexity index is 899. The summed E-state index contributed by atoms with van der Waals surface area (Å²) >= 11 is 1.57. The molecule has 3 saturated heterocycles. The maximum absolute atomic E-state index is 12.7. The van der Waals surface area contributed by atoms with Crippen molar-refractivity contribution in [2.24, 2.45) is 5.41 Å². The summed E-state index contributed by atoms with van der Waals surface area (Å²) in [6, 6.07) is 0. The number of esters is 1. The molecule has 3 aliphatic heterocycles. The maximum atomic E-state index is 12.7. The molecule has 2 aromatic rings. The monoisotopic (exact) mass is 448 g/mol. The first-order valence-corrected chi connectivity index (χ1v) is 11.6. The van der Waals surface area contributed by atoms with Gasteiger partial charge in [-0.2, -0.15) is 0 Å². The number of piperidine rings is 1. The van der Waals surface area contributed by atoms with Crippen molar-refractivity contribution in [1.82, 2.24) is 19.2 Å². The van der Waals surface area contributed by atoms with Gasteiger partial charge in [-0.3, -0.25) is 23.7 Å². The zero-order valence-electron chi connectivity index (χ0n) is 17.4. The van der Waals surface area contributed by atoms with Crippen molar-refractivity contribution in [2.45, 2.75) is 44.6 Å². The molecule has 1 N–H and O–H groups in total. The molecule has 9 nitrogen and oxygen atoms in total.